The van der Waals surface area contributed by atoms with Crippen LogP contribution in [0.3, 0.4) is 0 Å². The maximum Gasteiger partial charge on any atom is 0.314 e. The number of carbonyl (C=O) groups excluding carboxylic acids is 1. The highest BCUT2D eigenvalue weighted by atomic mass is 16.5. The Morgan fingerprint density at radius 3 is 1.88 bits per heavy atom. The lowest BCUT2D eigenvalue weighted by atomic mass is 9.79. The van der Waals surface area contributed by atoms with Gasteiger partial charge in [-0.2, -0.15) is 0 Å². The van der Waals surface area contributed by atoms with Crippen LogP contribution in [0, 0.1) is 5.92 Å². The summed E-state index contributed by atoms with van der Waals surface area (Å²) in [5, 5.41) is 11.1. The van der Waals surface area contributed by atoms with Gasteiger partial charge in [-0.3, -0.25) is 4.79 Å². The second-order valence-corrected chi connectivity index (χ2v) is 8.35. The average Bonchev–Trinajstić information content (AvgIpc) is 2.69. The van der Waals surface area contributed by atoms with Crippen molar-refractivity contribution in [2.75, 3.05) is 0 Å². The highest BCUT2D eigenvalue weighted by molar-refractivity contribution is 5.75. The van der Waals surface area contributed by atoms with Crippen molar-refractivity contribution in [2.24, 2.45) is 5.92 Å². The topological polar surface area (TPSA) is 46.5 Å². The van der Waals surface area contributed by atoms with Crippen LogP contribution < -0.4 is 4.74 Å². The third-order valence-corrected chi connectivity index (χ3v) is 6.47. The molecule has 1 aromatic carbocycles. The number of benzene rings is 1. The molecule has 1 unspecified atom stereocenters. The van der Waals surface area contributed by atoms with E-state index in [9.17, 15) is 9.90 Å². The first-order valence-corrected chi connectivity index (χ1v) is 10.7. The minimum Gasteiger partial charge on any atom is -0.507 e. The maximum atomic E-state index is 12.3. The number of ether oxygens (including phenoxy) is 1. The Hall–Kier alpha value is -1.51. The molecule has 0 aliphatic heterocycles. The van der Waals surface area contributed by atoms with E-state index < -0.39 is 0 Å². The minimum absolute atomic E-state index is 0.0972. The average molecular weight is 359 g/mol. The first kappa shape index (κ1) is 19.3. The number of phenolic OH excluding ortho intramolecular Hbond substituents is 1. The van der Waals surface area contributed by atoms with Crippen LogP contribution in [0.4, 0.5) is 0 Å². The van der Waals surface area contributed by atoms with Crippen LogP contribution in [-0.4, -0.2) is 11.1 Å². The fourth-order valence-electron chi connectivity index (χ4n) is 4.54. The smallest absolute Gasteiger partial charge is 0.314 e. The van der Waals surface area contributed by atoms with Crippen molar-refractivity contribution >= 4 is 5.97 Å². The van der Waals surface area contributed by atoms with Gasteiger partial charge in [-0.15, -0.1) is 0 Å². The second-order valence-electron chi connectivity index (χ2n) is 8.35. The first-order chi connectivity index (χ1) is 12.6. The van der Waals surface area contributed by atoms with E-state index in [2.05, 4.69) is 0 Å². The predicted octanol–water partition coefficient (Wildman–Crippen LogP) is 6.44. The summed E-state index contributed by atoms with van der Waals surface area (Å²) in [6.45, 7) is 3.91. The predicted molar refractivity (Wildman–Crippen MR) is 105 cm³/mol. The molecule has 3 heteroatoms. The van der Waals surface area contributed by atoms with Crippen molar-refractivity contribution in [1.29, 1.82) is 0 Å². The van der Waals surface area contributed by atoms with Gasteiger partial charge in [-0.05, 0) is 56.1 Å². The van der Waals surface area contributed by atoms with E-state index >= 15 is 0 Å². The zero-order valence-electron chi connectivity index (χ0n) is 16.4. The molecule has 3 rings (SSSR count). The normalized spacial score (nSPS) is 20.7. The fraction of sp³-hybridized carbons (Fsp3) is 0.696. The van der Waals surface area contributed by atoms with Crippen LogP contribution >= 0.6 is 0 Å². The van der Waals surface area contributed by atoms with Gasteiger partial charge in [0.05, 0.1) is 5.92 Å². The highest BCUT2D eigenvalue weighted by Crippen LogP contribution is 2.45. The molecule has 0 aromatic heterocycles. The number of aromatic hydroxyl groups is 1. The maximum absolute atomic E-state index is 12.3. The molecule has 2 fully saturated rings. The molecule has 2 aliphatic rings. The molecule has 2 saturated carbocycles. The molecule has 1 N–H and O–H groups in total. The molecule has 0 saturated heterocycles. The van der Waals surface area contributed by atoms with E-state index in [0.717, 1.165) is 43.2 Å². The molecule has 1 atom stereocenters. The van der Waals surface area contributed by atoms with E-state index in [-0.39, 0.29) is 11.9 Å². The quantitative estimate of drug-likeness (QED) is 0.486. The van der Waals surface area contributed by atoms with Crippen molar-refractivity contribution in [3.63, 3.8) is 0 Å². The van der Waals surface area contributed by atoms with Crippen molar-refractivity contribution in [3.05, 3.63) is 23.3 Å². The van der Waals surface area contributed by atoms with Gasteiger partial charge in [0.15, 0.2) is 0 Å². The summed E-state index contributed by atoms with van der Waals surface area (Å²) in [5.74, 6) is 1.64. The molecule has 1 aromatic rings. The Bertz CT molecular complexity index is 571. The molecule has 26 heavy (non-hydrogen) atoms. The third kappa shape index (κ3) is 4.42. The number of phenols is 1. The van der Waals surface area contributed by atoms with Crippen molar-refractivity contribution in [1.82, 2.24) is 0 Å². The number of rotatable bonds is 5. The molecule has 3 nitrogen and oxygen atoms in total. The van der Waals surface area contributed by atoms with Crippen LogP contribution in [0.1, 0.15) is 107 Å². The Balaban J connectivity index is 1.93. The number of esters is 1. The summed E-state index contributed by atoms with van der Waals surface area (Å²) in [6.07, 6.45) is 12.7. The molecular weight excluding hydrogens is 324 g/mol. The fourth-order valence-corrected chi connectivity index (χ4v) is 4.54. The van der Waals surface area contributed by atoms with Gasteiger partial charge in [-0.1, -0.05) is 52.4 Å². The summed E-state index contributed by atoms with van der Waals surface area (Å²) >= 11 is 0. The number of hydrogen-bond donors (Lipinski definition) is 1. The SMILES string of the molecule is CCC(C)C(=O)Oc1cc(C2CCCCC2)c(O)c(C2CCCCC2)c1. The monoisotopic (exact) mass is 358 g/mol. The summed E-state index contributed by atoms with van der Waals surface area (Å²) in [6, 6.07) is 3.88. The van der Waals surface area contributed by atoms with E-state index in [1.54, 1.807) is 0 Å². The van der Waals surface area contributed by atoms with Crippen molar-refractivity contribution in [3.8, 4) is 11.5 Å². The van der Waals surface area contributed by atoms with Gasteiger partial charge in [0, 0.05) is 11.1 Å². The van der Waals surface area contributed by atoms with Crippen LogP contribution in [0.25, 0.3) is 0 Å². The summed E-state index contributed by atoms with van der Waals surface area (Å²) in [7, 11) is 0. The Labute approximate surface area is 158 Å². The van der Waals surface area contributed by atoms with E-state index in [0.29, 0.717) is 23.3 Å². The molecule has 144 valence electrons. The van der Waals surface area contributed by atoms with Crippen LogP contribution in [0.2, 0.25) is 0 Å². The largest absolute Gasteiger partial charge is 0.507 e. The van der Waals surface area contributed by atoms with Crippen LogP contribution in [-0.2, 0) is 4.79 Å². The number of carbonyl (C=O) groups is 1. The molecule has 0 heterocycles. The minimum atomic E-state index is -0.164. The molecule has 0 amide bonds. The van der Waals surface area contributed by atoms with Crippen LogP contribution in [0.5, 0.6) is 11.5 Å². The van der Waals surface area contributed by atoms with Crippen molar-refractivity contribution < 1.29 is 14.6 Å². The third-order valence-electron chi connectivity index (χ3n) is 6.47. The van der Waals surface area contributed by atoms with E-state index in [1.165, 1.54) is 38.5 Å². The molecule has 0 radical (unpaired) electrons. The van der Waals surface area contributed by atoms with E-state index in [4.69, 9.17) is 4.74 Å². The van der Waals surface area contributed by atoms with Gasteiger partial charge in [0.1, 0.15) is 11.5 Å². The molecule has 0 bridgehead atoms. The first-order valence-electron chi connectivity index (χ1n) is 10.7. The van der Waals surface area contributed by atoms with Crippen molar-refractivity contribution in [2.45, 2.75) is 96.3 Å². The van der Waals surface area contributed by atoms with Gasteiger partial charge >= 0.3 is 5.97 Å². The second kappa shape index (κ2) is 8.92. The molecular formula is C23H34O3. The Kier molecular flexibility index (Phi) is 6.61. The molecule has 2 aliphatic carbocycles. The summed E-state index contributed by atoms with van der Waals surface area (Å²) < 4.78 is 5.73. The Morgan fingerprint density at radius 1 is 1.00 bits per heavy atom. The molecule has 0 spiro atoms. The van der Waals surface area contributed by atoms with Gasteiger partial charge in [-0.25, -0.2) is 0 Å². The highest BCUT2D eigenvalue weighted by Gasteiger charge is 2.26. The lowest BCUT2D eigenvalue weighted by molar-refractivity contribution is -0.138. The standard InChI is InChI=1S/C23H34O3/c1-3-16(2)23(25)26-19-14-20(17-10-6-4-7-11-17)22(24)21(15-19)18-12-8-5-9-13-18/h14-18,24H,3-13H2,1-2H3. The lowest BCUT2D eigenvalue weighted by Gasteiger charge is -2.28. The lowest BCUT2D eigenvalue weighted by Crippen LogP contribution is -2.18. The van der Waals surface area contributed by atoms with Gasteiger partial charge in [0.25, 0.3) is 0 Å². The van der Waals surface area contributed by atoms with E-state index in [1.807, 2.05) is 26.0 Å². The van der Waals surface area contributed by atoms with Gasteiger partial charge < -0.3 is 9.84 Å². The number of hydrogen-bond acceptors (Lipinski definition) is 3. The van der Waals surface area contributed by atoms with Crippen LogP contribution in [0.15, 0.2) is 12.1 Å². The zero-order chi connectivity index (χ0) is 18.5. The summed E-state index contributed by atoms with van der Waals surface area (Å²) in [4.78, 5) is 12.3. The Morgan fingerprint density at radius 2 is 1.46 bits per heavy atom. The zero-order valence-corrected chi connectivity index (χ0v) is 16.4. The summed E-state index contributed by atoms with van der Waals surface area (Å²) in [5.41, 5.74) is 2.03. The van der Waals surface area contributed by atoms with Gasteiger partial charge in [0.2, 0.25) is 0 Å².